The Morgan fingerprint density at radius 1 is 1.38 bits per heavy atom. The maximum absolute atomic E-state index is 12.0. The van der Waals surface area contributed by atoms with Crippen LogP contribution in [0.5, 0.6) is 0 Å². The van der Waals surface area contributed by atoms with Crippen LogP contribution in [0.25, 0.3) is 0 Å². The molecule has 4 heteroatoms. The molecule has 0 bridgehead atoms. The zero-order valence-corrected chi connectivity index (χ0v) is 10.00. The molecule has 4 nitrogen and oxygen atoms in total. The molecule has 1 amide bonds. The van der Waals surface area contributed by atoms with E-state index in [4.69, 9.17) is 4.74 Å². The van der Waals surface area contributed by atoms with E-state index in [0.29, 0.717) is 6.04 Å². The topological polar surface area (TPSA) is 50.4 Å². The number of ether oxygens (including phenoxy) is 1. The van der Waals surface area contributed by atoms with Gasteiger partial charge in [-0.3, -0.25) is 4.79 Å². The summed E-state index contributed by atoms with van der Waals surface area (Å²) in [5.74, 6) is 0.179. The van der Waals surface area contributed by atoms with Crippen LogP contribution in [0.3, 0.4) is 0 Å². The Bertz CT molecular complexity index is 239. The zero-order valence-electron chi connectivity index (χ0n) is 10.00. The molecule has 92 valence electrons. The number of carbonyl (C=O) groups excluding carboxylic acids is 1. The third-order valence-corrected chi connectivity index (χ3v) is 3.46. The normalized spacial score (nSPS) is 35.7. The molecule has 2 fully saturated rings. The second kappa shape index (κ2) is 5.64. The highest BCUT2D eigenvalue weighted by Crippen LogP contribution is 2.14. The minimum absolute atomic E-state index is 0.0342. The summed E-state index contributed by atoms with van der Waals surface area (Å²) in [6.45, 7) is 3.81. The SMILES string of the molecule is CC1CC(NC(=O)[C@H]2CCCCN2)CCO1. The van der Waals surface area contributed by atoms with E-state index < -0.39 is 0 Å². The lowest BCUT2D eigenvalue weighted by atomic mass is 10.0. The van der Waals surface area contributed by atoms with Gasteiger partial charge >= 0.3 is 0 Å². The first kappa shape index (κ1) is 11.9. The summed E-state index contributed by atoms with van der Waals surface area (Å²) in [5, 5.41) is 6.41. The fourth-order valence-electron chi connectivity index (χ4n) is 2.51. The molecule has 2 N–H and O–H groups in total. The van der Waals surface area contributed by atoms with E-state index >= 15 is 0 Å². The van der Waals surface area contributed by atoms with Gasteiger partial charge in [0.15, 0.2) is 0 Å². The number of piperidine rings is 1. The average molecular weight is 226 g/mol. The average Bonchev–Trinajstić information content (AvgIpc) is 2.30. The van der Waals surface area contributed by atoms with E-state index in [1.165, 1.54) is 6.42 Å². The van der Waals surface area contributed by atoms with Gasteiger partial charge < -0.3 is 15.4 Å². The van der Waals surface area contributed by atoms with Gasteiger partial charge in [0.05, 0.1) is 12.1 Å². The van der Waals surface area contributed by atoms with E-state index in [9.17, 15) is 4.79 Å². The van der Waals surface area contributed by atoms with Gasteiger partial charge in [0.25, 0.3) is 0 Å². The van der Waals surface area contributed by atoms with Crippen molar-refractivity contribution in [2.75, 3.05) is 13.2 Å². The lowest BCUT2D eigenvalue weighted by molar-refractivity contribution is -0.125. The van der Waals surface area contributed by atoms with E-state index in [2.05, 4.69) is 17.6 Å². The molecule has 2 aliphatic rings. The van der Waals surface area contributed by atoms with Gasteiger partial charge in [-0.15, -0.1) is 0 Å². The van der Waals surface area contributed by atoms with Crippen molar-refractivity contribution in [1.82, 2.24) is 10.6 Å². The molecule has 3 atom stereocenters. The van der Waals surface area contributed by atoms with E-state index in [1.807, 2.05) is 0 Å². The molecule has 16 heavy (non-hydrogen) atoms. The van der Waals surface area contributed by atoms with Crippen LogP contribution in [0.1, 0.15) is 39.0 Å². The Kier molecular flexibility index (Phi) is 4.18. The summed E-state index contributed by atoms with van der Waals surface area (Å²) in [4.78, 5) is 12.0. The minimum Gasteiger partial charge on any atom is -0.378 e. The highest BCUT2D eigenvalue weighted by Gasteiger charge is 2.25. The smallest absolute Gasteiger partial charge is 0.237 e. The molecule has 0 aromatic heterocycles. The fraction of sp³-hybridized carbons (Fsp3) is 0.917. The number of rotatable bonds is 2. The first-order chi connectivity index (χ1) is 7.75. The van der Waals surface area contributed by atoms with Crippen LogP contribution >= 0.6 is 0 Å². The maximum Gasteiger partial charge on any atom is 0.237 e. The molecule has 0 aromatic carbocycles. The Morgan fingerprint density at radius 3 is 2.94 bits per heavy atom. The lowest BCUT2D eigenvalue weighted by Crippen LogP contribution is -2.51. The van der Waals surface area contributed by atoms with Crippen LogP contribution in [0, 0.1) is 0 Å². The third-order valence-electron chi connectivity index (χ3n) is 3.46. The van der Waals surface area contributed by atoms with Crippen molar-refractivity contribution < 1.29 is 9.53 Å². The van der Waals surface area contributed by atoms with Crippen molar-refractivity contribution in [2.24, 2.45) is 0 Å². The van der Waals surface area contributed by atoms with Crippen LogP contribution < -0.4 is 10.6 Å². The summed E-state index contributed by atoms with van der Waals surface area (Å²) in [7, 11) is 0. The van der Waals surface area contributed by atoms with Gasteiger partial charge in [0.1, 0.15) is 0 Å². The molecule has 2 rings (SSSR count). The van der Waals surface area contributed by atoms with Crippen molar-refractivity contribution in [3.8, 4) is 0 Å². The van der Waals surface area contributed by atoms with Crippen LogP contribution in [-0.4, -0.2) is 37.2 Å². The maximum atomic E-state index is 12.0. The molecule has 2 unspecified atom stereocenters. The number of hydrogen-bond donors (Lipinski definition) is 2. The molecular weight excluding hydrogens is 204 g/mol. The van der Waals surface area contributed by atoms with Crippen LogP contribution in [0.2, 0.25) is 0 Å². The number of carbonyl (C=O) groups is 1. The molecular formula is C12H22N2O2. The predicted molar refractivity (Wildman–Crippen MR) is 62.2 cm³/mol. The summed E-state index contributed by atoms with van der Waals surface area (Å²) < 4.78 is 5.47. The number of nitrogens with one attached hydrogen (secondary N) is 2. The number of hydrogen-bond acceptors (Lipinski definition) is 3. The van der Waals surface area contributed by atoms with Gasteiger partial charge in [-0.05, 0) is 39.2 Å². The Morgan fingerprint density at radius 2 is 2.25 bits per heavy atom. The molecule has 2 saturated heterocycles. The second-order valence-corrected chi connectivity index (χ2v) is 4.91. The van der Waals surface area contributed by atoms with Gasteiger partial charge in [0, 0.05) is 12.6 Å². The summed E-state index contributed by atoms with van der Waals surface area (Å²) in [6, 6.07) is 0.340. The highest BCUT2D eigenvalue weighted by atomic mass is 16.5. The molecule has 0 radical (unpaired) electrons. The standard InChI is InChI=1S/C12H22N2O2/c1-9-8-10(5-7-16-9)14-12(15)11-4-2-3-6-13-11/h9-11,13H,2-8H2,1H3,(H,14,15)/t9?,10?,11-/m1/s1. The Balaban J connectivity index is 1.77. The second-order valence-electron chi connectivity index (χ2n) is 4.91. The summed E-state index contributed by atoms with van der Waals surface area (Å²) >= 11 is 0. The van der Waals surface area contributed by atoms with Crippen molar-refractivity contribution >= 4 is 5.91 Å². The largest absolute Gasteiger partial charge is 0.378 e. The first-order valence-electron chi connectivity index (χ1n) is 6.41. The Hall–Kier alpha value is -0.610. The Labute approximate surface area is 97.1 Å². The van der Waals surface area contributed by atoms with Crippen molar-refractivity contribution in [3.63, 3.8) is 0 Å². The first-order valence-corrected chi connectivity index (χ1v) is 6.41. The monoisotopic (exact) mass is 226 g/mol. The highest BCUT2D eigenvalue weighted by molar-refractivity contribution is 5.82. The van der Waals surface area contributed by atoms with Crippen LogP contribution in [0.15, 0.2) is 0 Å². The quantitative estimate of drug-likeness (QED) is 0.732. The molecule has 2 heterocycles. The zero-order chi connectivity index (χ0) is 11.4. The van der Waals surface area contributed by atoms with Crippen LogP contribution in [-0.2, 0) is 9.53 Å². The third kappa shape index (κ3) is 3.19. The summed E-state index contributed by atoms with van der Waals surface area (Å²) in [6.07, 6.45) is 5.50. The summed E-state index contributed by atoms with van der Waals surface area (Å²) in [5.41, 5.74) is 0. The predicted octanol–water partition coefficient (Wildman–Crippen LogP) is 0.812. The van der Waals surface area contributed by atoms with E-state index in [-0.39, 0.29) is 18.1 Å². The van der Waals surface area contributed by atoms with Crippen molar-refractivity contribution in [2.45, 2.75) is 57.2 Å². The molecule has 2 aliphatic heterocycles. The van der Waals surface area contributed by atoms with Crippen molar-refractivity contribution in [1.29, 1.82) is 0 Å². The van der Waals surface area contributed by atoms with Gasteiger partial charge in [-0.2, -0.15) is 0 Å². The number of amides is 1. The molecule has 0 aromatic rings. The van der Waals surface area contributed by atoms with Crippen LogP contribution in [0.4, 0.5) is 0 Å². The van der Waals surface area contributed by atoms with Gasteiger partial charge in [0.2, 0.25) is 5.91 Å². The molecule has 0 aliphatic carbocycles. The lowest BCUT2D eigenvalue weighted by Gasteiger charge is -2.30. The van der Waals surface area contributed by atoms with E-state index in [0.717, 1.165) is 38.8 Å². The minimum atomic E-state index is 0.0342. The van der Waals surface area contributed by atoms with Crippen molar-refractivity contribution in [3.05, 3.63) is 0 Å². The van der Waals surface area contributed by atoms with E-state index in [1.54, 1.807) is 0 Å². The molecule has 0 saturated carbocycles. The molecule has 0 spiro atoms. The fourth-order valence-corrected chi connectivity index (χ4v) is 2.51. The van der Waals surface area contributed by atoms with Gasteiger partial charge in [-0.25, -0.2) is 0 Å². The van der Waals surface area contributed by atoms with Gasteiger partial charge in [-0.1, -0.05) is 6.42 Å².